The molecule has 0 heterocycles. The molecule has 0 bridgehead atoms. The van der Waals surface area contributed by atoms with Gasteiger partial charge in [0.05, 0.1) is 6.42 Å². The van der Waals surface area contributed by atoms with Gasteiger partial charge in [-0.2, -0.15) is 0 Å². The third-order valence-corrected chi connectivity index (χ3v) is 7.30. The van der Waals surface area contributed by atoms with Gasteiger partial charge >= 0.3 is 12.1 Å². The third-order valence-electron chi connectivity index (χ3n) is 7.30. The predicted octanol–water partition coefficient (Wildman–Crippen LogP) is 4.70. The van der Waals surface area contributed by atoms with Crippen molar-refractivity contribution in [1.29, 1.82) is 0 Å². The number of ether oxygens (including phenoxy) is 1. The van der Waals surface area contributed by atoms with Crippen LogP contribution < -0.4 is 10.6 Å². The van der Waals surface area contributed by atoms with Crippen LogP contribution in [-0.4, -0.2) is 41.8 Å². The van der Waals surface area contributed by atoms with Gasteiger partial charge in [-0.3, -0.25) is 9.59 Å². The summed E-state index contributed by atoms with van der Waals surface area (Å²) < 4.78 is 5.65. The zero-order valence-corrected chi connectivity index (χ0v) is 20.3. The maximum absolute atomic E-state index is 12.7. The highest BCUT2D eigenvalue weighted by molar-refractivity contribution is 5.80. The van der Waals surface area contributed by atoms with E-state index in [-0.39, 0.29) is 55.2 Å². The number of carbonyl (C=O) groups excluding carboxylic acids is 2. The summed E-state index contributed by atoms with van der Waals surface area (Å²) in [6, 6.07) is 15.8. The van der Waals surface area contributed by atoms with Gasteiger partial charge < -0.3 is 20.5 Å². The van der Waals surface area contributed by atoms with Crippen LogP contribution in [0.15, 0.2) is 48.5 Å². The molecule has 0 aromatic heterocycles. The maximum atomic E-state index is 12.7. The molecular formula is C28H34N2O5. The molecule has 1 saturated carbocycles. The highest BCUT2D eigenvalue weighted by Gasteiger charge is 2.32. The van der Waals surface area contributed by atoms with Crippen LogP contribution in [-0.2, 0) is 14.3 Å². The van der Waals surface area contributed by atoms with E-state index in [0.717, 1.165) is 30.4 Å². The van der Waals surface area contributed by atoms with E-state index in [2.05, 4.69) is 34.9 Å². The van der Waals surface area contributed by atoms with Gasteiger partial charge in [0.1, 0.15) is 6.61 Å². The lowest BCUT2D eigenvalue weighted by Gasteiger charge is -2.25. The van der Waals surface area contributed by atoms with E-state index in [1.165, 1.54) is 11.1 Å². The molecular weight excluding hydrogens is 444 g/mol. The molecule has 0 radical (unpaired) electrons. The van der Waals surface area contributed by atoms with Crippen molar-refractivity contribution in [2.24, 2.45) is 11.8 Å². The quantitative estimate of drug-likeness (QED) is 0.485. The molecule has 0 saturated heterocycles. The van der Waals surface area contributed by atoms with E-state index in [1.807, 2.05) is 38.1 Å². The summed E-state index contributed by atoms with van der Waals surface area (Å²) in [5.74, 6) is -1.05. The molecule has 2 aromatic carbocycles. The Morgan fingerprint density at radius 3 is 2.23 bits per heavy atom. The second-order valence-corrected chi connectivity index (χ2v) is 9.99. The van der Waals surface area contributed by atoms with Gasteiger partial charge in [0.15, 0.2) is 0 Å². The SMILES string of the molecule is CC(C)[C@H](CC(=O)N[C@@H]1CCC[C@H]1CC(=O)O)NC(=O)OCC1c2ccccc2-c2ccccc21. The van der Waals surface area contributed by atoms with E-state index >= 15 is 0 Å². The molecule has 2 aliphatic rings. The Morgan fingerprint density at radius 2 is 1.63 bits per heavy atom. The Balaban J connectivity index is 1.32. The lowest BCUT2D eigenvalue weighted by atomic mass is 9.97. The first-order chi connectivity index (χ1) is 16.8. The predicted molar refractivity (Wildman–Crippen MR) is 133 cm³/mol. The van der Waals surface area contributed by atoms with Crippen LogP contribution in [0.25, 0.3) is 11.1 Å². The Bertz CT molecular complexity index is 1040. The fourth-order valence-corrected chi connectivity index (χ4v) is 5.41. The van der Waals surface area contributed by atoms with Crippen molar-refractivity contribution < 1.29 is 24.2 Å². The molecule has 2 aromatic rings. The molecule has 186 valence electrons. The zero-order valence-electron chi connectivity index (χ0n) is 20.3. The highest BCUT2D eigenvalue weighted by Crippen LogP contribution is 2.44. The van der Waals surface area contributed by atoms with Crippen molar-refractivity contribution in [3.63, 3.8) is 0 Å². The molecule has 7 heteroatoms. The van der Waals surface area contributed by atoms with E-state index in [4.69, 9.17) is 9.84 Å². The Kier molecular flexibility index (Phi) is 7.73. The van der Waals surface area contributed by atoms with Crippen molar-refractivity contribution in [2.75, 3.05) is 6.61 Å². The summed E-state index contributed by atoms with van der Waals surface area (Å²) in [4.78, 5) is 36.5. The summed E-state index contributed by atoms with van der Waals surface area (Å²) in [7, 11) is 0. The first-order valence-electron chi connectivity index (χ1n) is 12.5. The topological polar surface area (TPSA) is 105 Å². The molecule has 7 nitrogen and oxygen atoms in total. The van der Waals surface area contributed by atoms with Crippen LogP contribution in [0.5, 0.6) is 0 Å². The van der Waals surface area contributed by atoms with Crippen LogP contribution >= 0.6 is 0 Å². The average Bonchev–Trinajstić information content (AvgIpc) is 3.38. The lowest BCUT2D eigenvalue weighted by molar-refractivity contribution is -0.138. The molecule has 1 fully saturated rings. The van der Waals surface area contributed by atoms with Gasteiger partial charge in [0.25, 0.3) is 0 Å². The van der Waals surface area contributed by atoms with Gasteiger partial charge in [0.2, 0.25) is 5.91 Å². The number of fused-ring (bicyclic) bond motifs is 3. The number of carboxylic acids is 1. The summed E-state index contributed by atoms with van der Waals surface area (Å²) in [5, 5.41) is 15.0. The van der Waals surface area contributed by atoms with Gasteiger partial charge in [-0.1, -0.05) is 68.8 Å². The van der Waals surface area contributed by atoms with Crippen LogP contribution in [0.2, 0.25) is 0 Å². The first kappa shape index (κ1) is 24.8. The highest BCUT2D eigenvalue weighted by atomic mass is 16.5. The minimum Gasteiger partial charge on any atom is -0.481 e. The Hall–Kier alpha value is -3.35. The maximum Gasteiger partial charge on any atom is 0.407 e. The number of alkyl carbamates (subject to hydrolysis) is 1. The second-order valence-electron chi connectivity index (χ2n) is 9.99. The Labute approximate surface area is 206 Å². The molecule has 35 heavy (non-hydrogen) atoms. The van der Waals surface area contributed by atoms with Crippen LogP contribution in [0.3, 0.4) is 0 Å². The van der Waals surface area contributed by atoms with Crippen LogP contribution in [0.1, 0.15) is 63.0 Å². The van der Waals surface area contributed by atoms with Crippen LogP contribution in [0.4, 0.5) is 4.79 Å². The average molecular weight is 479 g/mol. The van der Waals surface area contributed by atoms with Crippen molar-refractivity contribution in [2.45, 2.75) is 64.0 Å². The fourth-order valence-electron chi connectivity index (χ4n) is 5.41. The van der Waals surface area contributed by atoms with Crippen molar-refractivity contribution in [3.8, 4) is 11.1 Å². The number of aliphatic carboxylic acids is 1. The Morgan fingerprint density at radius 1 is 1.00 bits per heavy atom. The summed E-state index contributed by atoms with van der Waals surface area (Å²) in [5.41, 5.74) is 4.63. The van der Waals surface area contributed by atoms with Crippen LogP contribution in [0, 0.1) is 11.8 Å². The van der Waals surface area contributed by atoms with Crippen molar-refractivity contribution in [3.05, 3.63) is 59.7 Å². The number of benzene rings is 2. The molecule has 4 rings (SSSR count). The van der Waals surface area contributed by atoms with Gasteiger partial charge in [0, 0.05) is 24.4 Å². The molecule has 0 unspecified atom stereocenters. The number of nitrogens with one attached hydrogen (secondary N) is 2. The smallest absolute Gasteiger partial charge is 0.407 e. The molecule has 3 atom stereocenters. The number of hydrogen-bond acceptors (Lipinski definition) is 4. The second kappa shape index (κ2) is 10.9. The molecule has 0 spiro atoms. The molecule has 2 amide bonds. The third kappa shape index (κ3) is 5.84. The monoisotopic (exact) mass is 478 g/mol. The molecule has 3 N–H and O–H groups in total. The molecule has 0 aliphatic heterocycles. The molecule has 2 aliphatic carbocycles. The van der Waals surface area contributed by atoms with E-state index in [0.29, 0.717) is 0 Å². The number of amides is 2. The van der Waals surface area contributed by atoms with Crippen molar-refractivity contribution >= 4 is 18.0 Å². The van der Waals surface area contributed by atoms with E-state index in [9.17, 15) is 14.4 Å². The minimum atomic E-state index is -0.840. The van der Waals surface area contributed by atoms with Crippen molar-refractivity contribution in [1.82, 2.24) is 10.6 Å². The number of rotatable bonds is 9. The number of hydrogen-bond donors (Lipinski definition) is 3. The standard InChI is InChI=1S/C28H34N2O5/c1-17(2)25(15-26(31)29-24-13-7-8-18(24)14-27(32)33)30-28(34)35-16-23-21-11-5-3-9-19(21)20-10-4-6-12-22(20)23/h3-6,9-12,17-18,23-25H,7-8,13-16H2,1-2H3,(H,29,31)(H,30,34)(H,32,33)/t18-,24+,25-/m0/s1. The number of carbonyl (C=O) groups is 3. The minimum absolute atomic E-state index is 0.0255. The normalized spacial score (nSPS) is 19.6. The fraction of sp³-hybridized carbons (Fsp3) is 0.464. The lowest BCUT2D eigenvalue weighted by Crippen LogP contribution is -2.45. The van der Waals surface area contributed by atoms with E-state index in [1.54, 1.807) is 0 Å². The van der Waals surface area contributed by atoms with Gasteiger partial charge in [-0.15, -0.1) is 0 Å². The summed E-state index contributed by atoms with van der Waals surface area (Å²) >= 11 is 0. The first-order valence-corrected chi connectivity index (χ1v) is 12.5. The summed E-state index contributed by atoms with van der Waals surface area (Å²) in [6.45, 7) is 4.12. The van der Waals surface area contributed by atoms with E-state index < -0.39 is 12.1 Å². The van der Waals surface area contributed by atoms with Gasteiger partial charge in [-0.25, -0.2) is 4.79 Å². The number of carboxylic acid groups (broad SMARTS) is 1. The van der Waals surface area contributed by atoms with Gasteiger partial charge in [-0.05, 0) is 46.9 Å². The summed E-state index contributed by atoms with van der Waals surface area (Å²) in [6.07, 6.45) is 2.16. The largest absolute Gasteiger partial charge is 0.481 e. The zero-order chi connectivity index (χ0) is 24.9.